The van der Waals surface area contributed by atoms with Crippen LogP contribution in [-0.2, 0) is 11.3 Å². The minimum atomic E-state index is -0.298. The highest BCUT2D eigenvalue weighted by atomic mass is 16.6. The number of piperidine rings is 1. The number of aliphatic hydroxyl groups is 1. The number of amides is 1. The highest BCUT2D eigenvalue weighted by molar-refractivity contribution is 5.70. The number of fused-ring (bicyclic) bond motifs is 1. The van der Waals surface area contributed by atoms with Gasteiger partial charge in [0.25, 0.3) is 0 Å². The molecule has 2 aliphatic rings. The Morgan fingerprint density at radius 2 is 2.22 bits per heavy atom. The van der Waals surface area contributed by atoms with Gasteiger partial charge >= 0.3 is 6.09 Å². The van der Waals surface area contributed by atoms with E-state index in [4.69, 9.17) is 4.74 Å². The molecule has 3 rings (SSSR count). The van der Waals surface area contributed by atoms with Crippen molar-refractivity contribution >= 4 is 6.09 Å². The molecule has 0 spiro atoms. The lowest BCUT2D eigenvalue weighted by molar-refractivity contribution is 0.0662. The number of hydrogen-bond acceptors (Lipinski definition) is 3. The number of carbonyl (C=O) groups excluding carboxylic acids is 1. The van der Waals surface area contributed by atoms with E-state index >= 15 is 0 Å². The monoisotopic (exact) mass is 247 g/mol. The molecule has 96 valence electrons. The van der Waals surface area contributed by atoms with Gasteiger partial charge in [-0.15, -0.1) is 0 Å². The Morgan fingerprint density at radius 3 is 2.89 bits per heavy atom. The first-order valence-corrected chi connectivity index (χ1v) is 6.35. The van der Waals surface area contributed by atoms with E-state index in [0.29, 0.717) is 19.1 Å². The quantitative estimate of drug-likeness (QED) is 0.885. The molecule has 4 heteroatoms. The van der Waals surface area contributed by atoms with Crippen LogP contribution in [0.1, 0.15) is 18.4 Å². The van der Waals surface area contributed by atoms with Crippen LogP contribution >= 0.6 is 0 Å². The lowest BCUT2D eigenvalue weighted by Gasteiger charge is -2.25. The Bertz CT molecular complexity index is 444. The number of carbonyl (C=O) groups is 1. The molecule has 2 atom stereocenters. The van der Waals surface area contributed by atoms with Gasteiger partial charge in [-0.3, -0.25) is 4.90 Å². The van der Waals surface area contributed by atoms with E-state index in [1.807, 2.05) is 30.3 Å². The van der Waals surface area contributed by atoms with Crippen LogP contribution in [0.2, 0.25) is 0 Å². The van der Waals surface area contributed by atoms with E-state index in [0.717, 1.165) is 18.4 Å². The van der Waals surface area contributed by atoms with E-state index in [2.05, 4.69) is 0 Å². The van der Waals surface area contributed by atoms with Crippen molar-refractivity contribution in [2.75, 3.05) is 13.2 Å². The Hall–Kier alpha value is -1.55. The first-order valence-electron chi connectivity index (χ1n) is 6.35. The third-order valence-corrected chi connectivity index (χ3v) is 4.14. The van der Waals surface area contributed by atoms with Crippen LogP contribution < -0.4 is 0 Å². The summed E-state index contributed by atoms with van der Waals surface area (Å²) >= 11 is 0. The number of benzene rings is 1. The van der Waals surface area contributed by atoms with Crippen molar-refractivity contribution in [3.63, 3.8) is 0 Å². The molecule has 1 aliphatic carbocycles. The number of hydrogen-bond donors (Lipinski definition) is 1. The predicted molar refractivity (Wildman–Crippen MR) is 65.9 cm³/mol. The molecule has 0 aromatic heterocycles. The maximum absolute atomic E-state index is 12.0. The van der Waals surface area contributed by atoms with Crippen molar-refractivity contribution < 1.29 is 14.6 Å². The molecule has 1 aromatic rings. The maximum Gasteiger partial charge on any atom is 0.410 e. The lowest BCUT2D eigenvalue weighted by Crippen LogP contribution is -2.42. The fourth-order valence-corrected chi connectivity index (χ4v) is 2.93. The molecule has 4 nitrogen and oxygen atoms in total. The summed E-state index contributed by atoms with van der Waals surface area (Å²) in [5, 5.41) is 9.42. The first kappa shape index (κ1) is 11.5. The summed E-state index contributed by atoms with van der Waals surface area (Å²) in [5.41, 5.74) is 0.684. The van der Waals surface area contributed by atoms with E-state index in [-0.39, 0.29) is 18.2 Å². The van der Waals surface area contributed by atoms with Crippen molar-refractivity contribution in [1.82, 2.24) is 4.90 Å². The highest BCUT2D eigenvalue weighted by Crippen LogP contribution is 2.55. The van der Waals surface area contributed by atoms with Gasteiger partial charge in [-0.25, -0.2) is 4.79 Å². The third kappa shape index (κ3) is 1.77. The summed E-state index contributed by atoms with van der Waals surface area (Å²) in [7, 11) is 0. The van der Waals surface area contributed by atoms with Crippen LogP contribution in [0.4, 0.5) is 4.79 Å². The summed E-state index contributed by atoms with van der Waals surface area (Å²) < 4.78 is 5.31. The van der Waals surface area contributed by atoms with Crippen molar-refractivity contribution in [1.29, 1.82) is 0 Å². The number of rotatable bonds is 3. The van der Waals surface area contributed by atoms with E-state index in [1.54, 1.807) is 4.90 Å². The van der Waals surface area contributed by atoms with E-state index in [9.17, 15) is 9.90 Å². The molecule has 1 aromatic carbocycles. The average molecular weight is 247 g/mol. The van der Waals surface area contributed by atoms with Gasteiger partial charge in [0.15, 0.2) is 0 Å². The molecule has 1 saturated carbocycles. The van der Waals surface area contributed by atoms with Crippen molar-refractivity contribution in [3.8, 4) is 0 Å². The lowest BCUT2D eigenvalue weighted by atomic mass is 10.2. The summed E-state index contributed by atoms with van der Waals surface area (Å²) in [5.74, 6) is 0.478. The second-order valence-electron chi connectivity index (χ2n) is 5.14. The van der Waals surface area contributed by atoms with Gasteiger partial charge in [0.05, 0.1) is 12.1 Å². The molecule has 18 heavy (non-hydrogen) atoms. The molecule has 1 saturated heterocycles. The Balaban J connectivity index is 1.59. The molecular weight excluding hydrogens is 230 g/mol. The second kappa shape index (κ2) is 4.28. The number of likely N-dealkylation sites (tertiary alicyclic amines) is 1. The Kier molecular flexibility index (Phi) is 2.74. The van der Waals surface area contributed by atoms with Crippen molar-refractivity contribution in [2.24, 2.45) is 5.92 Å². The largest absolute Gasteiger partial charge is 0.445 e. The standard InChI is InChI=1S/C14H17NO3/c16-10-14-8-12(14)6-7-15(14)13(17)18-9-11-4-2-1-3-5-11/h1-5,12,16H,6-10H2/t12-,14-/m1/s1. The first-order chi connectivity index (χ1) is 8.76. The SMILES string of the molecule is O=C(OCc1ccccc1)N1CC[C@@H]2C[C@@]21CO. The Labute approximate surface area is 106 Å². The molecule has 0 unspecified atom stereocenters. The molecule has 0 bridgehead atoms. The van der Waals surface area contributed by atoms with E-state index < -0.39 is 0 Å². The van der Waals surface area contributed by atoms with Gasteiger partial charge in [-0.1, -0.05) is 30.3 Å². The van der Waals surface area contributed by atoms with Crippen LogP contribution in [0.25, 0.3) is 0 Å². The molecule has 1 heterocycles. The van der Waals surface area contributed by atoms with Gasteiger partial charge in [0, 0.05) is 6.54 Å². The summed E-state index contributed by atoms with van der Waals surface area (Å²) in [4.78, 5) is 13.7. The minimum absolute atomic E-state index is 0.0537. The molecule has 0 radical (unpaired) electrons. The van der Waals surface area contributed by atoms with Crippen LogP contribution in [0.3, 0.4) is 0 Å². The van der Waals surface area contributed by atoms with Crippen LogP contribution in [0.15, 0.2) is 30.3 Å². The molecule has 1 N–H and O–H groups in total. The van der Waals surface area contributed by atoms with Crippen LogP contribution in [0.5, 0.6) is 0 Å². The third-order valence-electron chi connectivity index (χ3n) is 4.14. The zero-order valence-electron chi connectivity index (χ0n) is 10.2. The Morgan fingerprint density at radius 1 is 1.44 bits per heavy atom. The number of ether oxygens (including phenoxy) is 1. The van der Waals surface area contributed by atoms with Gasteiger partial charge in [-0.2, -0.15) is 0 Å². The van der Waals surface area contributed by atoms with Crippen LogP contribution in [-0.4, -0.2) is 34.8 Å². The van der Waals surface area contributed by atoms with Gasteiger partial charge in [0.2, 0.25) is 0 Å². The molecular formula is C14H17NO3. The molecule has 1 aliphatic heterocycles. The van der Waals surface area contributed by atoms with Gasteiger partial charge in [0.1, 0.15) is 6.61 Å². The number of aliphatic hydroxyl groups excluding tert-OH is 1. The van der Waals surface area contributed by atoms with Crippen LogP contribution in [0, 0.1) is 5.92 Å². The summed E-state index contributed by atoms with van der Waals surface area (Å²) in [6.07, 6.45) is 1.61. The number of nitrogens with zero attached hydrogens (tertiary/aromatic N) is 1. The normalized spacial score (nSPS) is 28.9. The van der Waals surface area contributed by atoms with E-state index in [1.165, 1.54) is 0 Å². The molecule has 1 amide bonds. The zero-order valence-corrected chi connectivity index (χ0v) is 10.2. The highest BCUT2D eigenvalue weighted by Gasteiger charge is 2.63. The van der Waals surface area contributed by atoms with Gasteiger partial charge in [-0.05, 0) is 24.3 Å². The predicted octanol–water partition coefficient (Wildman–Crippen LogP) is 1.78. The zero-order chi connectivity index (χ0) is 12.6. The second-order valence-corrected chi connectivity index (χ2v) is 5.14. The smallest absolute Gasteiger partial charge is 0.410 e. The minimum Gasteiger partial charge on any atom is -0.445 e. The summed E-state index contributed by atoms with van der Waals surface area (Å²) in [6, 6.07) is 9.63. The maximum atomic E-state index is 12.0. The fraction of sp³-hybridized carbons (Fsp3) is 0.500. The summed E-state index contributed by atoms with van der Waals surface area (Å²) in [6.45, 7) is 1.05. The van der Waals surface area contributed by atoms with Gasteiger partial charge < -0.3 is 9.84 Å². The molecule has 2 fully saturated rings. The topological polar surface area (TPSA) is 49.8 Å². The van der Waals surface area contributed by atoms with Crippen molar-refractivity contribution in [2.45, 2.75) is 25.0 Å². The average Bonchev–Trinajstić information content (AvgIpc) is 3.03. The van der Waals surface area contributed by atoms with Crippen molar-refractivity contribution in [3.05, 3.63) is 35.9 Å². The fourth-order valence-electron chi connectivity index (χ4n) is 2.93.